The molecule has 1 saturated heterocycles. The van der Waals surface area contributed by atoms with E-state index in [1.165, 1.54) is 7.11 Å². The van der Waals surface area contributed by atoms with Crippen LogP contribution in [0.4, 0.5) is 0 Å². The molecule has 0 aromatic carbocycles. The molecule has 1 aliphatic heterocycles. The molecule has 1 rings (SSSR count). The Morgan fingerprint density at radius 3 is 2.83 bits per heavy atom. The largest absolute Gasteiger partial charge is 0.469 e. The number of carbonyl (C=O) groups excluding carboxylic acids is 2. The maximum absolute atomic E-state index is 11.6. The lowest BCUT2D eigenvalue weighted by Gasteiger charge is -2.30. The summed E-state index contributed by atoms with van der Waals surface area (Å²) < 4.78 is 9.85. The van der Waals surface area contributed by atoms with Gasteiger partial charge in [-0.25, -0.2) is 0 Å². The van der Waals surface area contributed by atoms with E-state index in [9.17, 15) is 9.59 Å². The van der Waals surface area contributed by atoms with Gasteiger partial charge in [0.15, 0.2) is 0 Å². The molecule has 0 saturated carbocycles. The second kappa shape index (κ2) is 8.08. The van der Waals surface area contributed by atoms with Crippen LogP contribution < -0.4 is 0 Å². The summed E-state index contributed by atoms with van der Waals surface area (Å²) in [4.78, 5) is 25.0. The van der Waals surface area contributed by atoms with Crippen molar-refractivity contribution in [2.45, 2.75) is 32.6 Å². The van der Waals surface area contributed by atoms with E-state index in [2.05, 4.69) is 6.92 Å². The molecule has 1 unspecified atom stereocenters. The summed E-state index contributed by atoms with van der Waals surface area (Å²) in [5.74, 6) is -0.486. The molecule has 5 nitrogen and oxygen atoms in total. The molecule has 1 fully saturated rings. The number of carbonyl (C=O) groups is 2. The fourth-order valence-electron chi connectivity index (χ4n) is 2.12. The third-order valence-electron chi connectivity index (χ3n) is 3.15. The highest BCUT2D eigenvalue weighted by molar-refractivity contribution is 5.73. The van der Waals surface area contributed by atoms with E-state index in [1.807, 2.05) is 4.90 Å². The predicted octanol–water partition coefficient (Wildman–Crippen LogP) is 1.21. The van der Waals surface area contributed by atoms with E-state index in [0.717, 1.165) is 32.2 Å². The maximum atomic E-state index is 11.6. The molecule has 1 atom stereocenters. The van der Waals surface area contributed by atoms with E-state index in [0.29, 0.717) is 13.2 Å². The van der Waals surface area contributed by atoms with Crippen LogP contribution in [0.1, 0.15) is 32.6 Å². The number of ether oxygens (including phenoxy) is 2. The van der Waals surface area contributed by atoms with Gasteiger partial charge in [-0.2, -0.15) is 0 Å². The summed E-state index contributed by atoms with van der Waals surface area (Å²) in [6, 6.07) is 0. The van der Waals surface area contributed by atoms with Crippen LogP contribution in [0.25, 0.3) is 0 Å². The molecule has 5 heteroatoms. The van der Waals surface area contributed by atoms with Crippen LogP contribution in [0.15, 0.2) is 0 Å². The smallest absolute Gasteiger partial charge is 0.320 e. The van der Waals surface area contributed by atoms with E-state index in [-0.39, 0.29) is 24.4 Å². The summed E-state index contributed by atoms with van der Waals surface area (Å²) >= 11 is 0. The third-order valence-corrected chi connectivity index (χ3v) is 3.15. The SMILES string of the molecule is CCCCOC(=O)CN1CCCC(C(=O)OC)C1. The summed E-state index contributed by atoms with van der Waals surface area (Å²) in [7, 11) is 1.40. The van der Waals surface area contributed by atoms with E-state index < -0.39 is 0 Å². The van der Waals surface area contributed by atoms with Crippen LogP contribution in [0, 0.1) is 5.92 Å². The van der Waals surface area contributed by atoms with Crippen molar-refractivity contribution in [1.82, 2.24) is 4.90 Å². The second-order valence-electron chi connectivity index (χ2n) is 4.67. The Bertz CT molecular complexity index is 280. The fourth-order valence-corrected chi connectivity index (χ4v) is 2.12. The zero-order chi connectivity index (χ0) is 13.4. The number of piperidine rings is 1. The molecule has 0 bridgehead atoms. The highest BCUT2D eigenvalue weighted by Crippen LogP contribution is 2.17. The van der Waals surface area contributed by atoms with Gasteiger partial charge >= 0.3 is 11.9 Å². The molecule has 104 valence electrons. The molecular weight excluding hydrogens is 234 g/mol. The first-order valence-corrected chi connectivity index (χ1v) is 6.63. The number of likely N-dealkylation sites (tertiary alicyclic amines) is 1. The highest BCUT2D eigenvalue weighted by Gasteiger charge is 2.27. The maximum Gasteiger partial charge on any atom is 0.320 e. The van der Waals surface area contributed by atoms with Crippen molar-refractivity contribution in [3.63, 3.8) is 0 Å². The molecule has 0 aromatic rings. The lowest BCUT2D eigenvalue weighted by Crippen LogP contribution is -2.42. The molecule has 18 heavy (non-hydrogen) atoms. The van der Waals surface area contributed by atoms with Crippen LogP contribution in [0.3, 0.4) is 0 Å². The lowest BCUT2D eigenvalue weighted by atomic mass is 9.98. The van der Waals surface area contributed by atoms with Crippen LogP contribution in [-0.4, -0.2) is 50.2 Å². The number of methoxy groups -OCH3 is 1. The Labute approximate surface area is 108 Å². The number of rotatable bonds is 6. The number of esters is 2. The normalized spacial score (nSPS) is 20.4. The minimum absolute atomic E-state index is 0.104. The van der Waals surface area contributed by atoms with E-state index in [1.54, 1.807) is 0 Å². The molecule has 0 aromatic heterocycles. The van der Waals surface area contributed by atoms with Gasteiger partial charge in [-0.3, -0.25) is 14.5 Å². The topological polar surface area (TPSA) is 55.8 Å². The van der Waals surface area contributed by atoms with Crippen LogP contribution >= 0.6 is 0 Å². The van der Waals surface area contributed by atoms with Gasteiger partial charge in [0.25, 0.3) is 0 Å². The quantitative estimate of drug-likeness (QED) is 0.529. The Morgan fingerprint density at radius 2 is 2.17 bits per heavy atom. The van der Waals surface area contributed by atoms with E-state index in [4.69, 9.17) is 9.47 Å². The van der Waals surface area contributed by atoms with Crippen molar-refractivity contribution in [3.05, 3.63) is 0 Å². The van der Waals surface area contributed by atoms with Crippen molar-refractivity contribution < 1.29 is 19.1 Å². The monoisotopic (exact) mass is 257 g/mol. The highest BCUT2D eigenvalue weighted by atomic mass is 16.5. The standard InChI is InChI=1S/C13H23NO4/c1-3-4-8-18-12(15)10-14-7-5-6-11(9-14)13(16)17-2/h11H,3-10H2,1-2H3. The lowest BCUT2D eigenvalue weighted by molar-refractivity contribution is -0.151. The minimum atomic E-state index is -0.200. The van der Waals surface area contributed by atoms with Crippen molar-refractivity contribution in [2.24, 2.45) is 5.92 Å². The van der Waals surface area contributed by atoms with Gasteiger partial charge in [-0.1, -0.05) is 13.3 Å². The Hall–Kier alpha value is -1.10. The first kappa shape index (κ1) is 15.0. The number of unbranched alkanes of at least 4 members (excludes halogenated alkanes) is 1. The van der Waals surface area contributed by atoms with Gasteiger partial charge in [0.05, 0.1) is 26.2 Å². The van der Waals surface area contributed by atoms with Crippen molar-refractivity contribution >= 4 is 11.9 Å². The average Bonchev–Trinajstić information content (AvgIpc) is 2.38. The fraction of sp³-hybridized carbons (Fsp3) is 0.846. The zero-order valence-corrected chi connectivity index (χ0v) is 11.3. The van der Waals surface area contributed by atoms with Crippen molar-refractivity contribution in [1.29, 1.82) is 0 Å². The zero-order valence-electron chi connectivity index (χ0n) is 11.3. The Kier molecular flexibility index (Phi) is 6.72. The molecule has 1 aliphatic rings. The van der Waals surface area contributed by atoms with Crippen LogP contribution in [-0.2, 0) is 19.1 Å². The predicted molar refractivity (Wildman–Crippen MR) is 67.0 cm³/mol. The van der Waals surface area contributed by atoms with E-state index >= 15 is 0 Å². The summed E-state index contributed by atoms with van der Waals surface area (Å²) in [5.41, 5.74) is 0. The molecular formula is C13H23NO4. The van der Waals surface area contributed by atoms with Crippen molar-refractivity contribution in [3.8, 4) is 0 Å². The van der Waals surface area contributed by atoms with Gasteiger partial charge in [-0.05, 0) is 25.8 Å². The molecule has 0 radical (unpaired) electrons. The summed E-state index contributed by atoms with van der Waals surface area (Å²) in [5, 5.41) is 0. The van der Waals surface area contributed by atoms with Gasteiger partial charge < -0.3 is 9.47 Å². The number of hydrogen-bond acceptors (Lipinski definition) is 5. The number of hydrogen-bond donors (Lipinski definition) is 0. The third kappa shape index (κ3) is 5.04. The summed E-state index contributed by atoms with van der Waals surface area (Å²) in [6.45, 7) is 4.26. The molecule has 1 heterocycles. The Balaban J connectivity index is 2.29. The van der Waals surface area contributed by atoms with Crippen molar-refractivity contribution in [2.75, 3.05) is 33.4 Å². The number of nitrogens with zero attached hydrogens (tertiary/aromatic N) is 1. The van der Waals surface area contributed by atoms with Gasteiger partial charge in [0.1, 0.15) is 0 Å². The van der Waals surface area contributed by atoms with Gasteiger partial charge in [-0.15, -0.1) is 0 Å². The van der Waals surface area contributed by atoms with Gasteiger partial charge in [0, 0.05) is 6.54 Å². The molecule has 0 aliphatic carbocycles. The first-order chi connectivity index (χ1) is 8.67. The Morgan fingerprint density at radius 1 is 1.39 bits per heavy atom. The summed E-state index contributed by atoms with van der Waals surface area (Å²) in [6.07, 6.45) is 3.67. The second-order valence-corrected chi connectivity index (χ2v) is 4.67. The average molecular weight is 257 g/mol. The molecule has 0 N–H and O–H groups in total. The first-order valence-electron chi connectivity index (χ1n) is 6.63. The van der Waals surface area contributed by atoms with Crippen LogP contribution in [0.5, 0.6) is 0 Å². The van der Waals surface area contributed by atoms with Gasteiger partial charge in [0.2, 0.25) is 0 Å². The molecule has 0 amide bonds. The molecule has 0 spiro atoms. The minimum Gasteiger partial charge on any atom is -0.469 e. The van der Waals surface area contributed by atoms with Crippen LogP contribution in [0.2, 0.25) is 0 Å².